The Morgan fingerprint density at radius 2 is 2.50 bits per heavy atom. The van der Waals surface area contributed by atoms with E-state index < -0.39 is 11.8 Å². The SMILES string of the molecule is CCOC(=O)NC1(C)CCCO1. The minimum Gasteiger partial charge on any atom is -0.450 e. The van der Waals surface area contributed by atoms with Crippen LogP contribution in [0.1, 0.15) is 26.7 Å². The lowest BCUT2D eigenvalue weighted by Crippen LogP contribution is -2.45. The molecule has 0 aromatic carbocycles. The van der Waals surface area contributed by atoms with Gasteiger partial charge in [0.15, 0.2) is 0 Å². The van der Waals surface area contributed by atoms with Crippen molar-refractivity contribution in [2.75, 3.05) is 13.2 Å². The van der Waals surface area contributed by atoms with Gasteiger partial charge in [-0.2, -0.15) is 0 Å². The van der Waals surface area contributed by atoms with E-state index in [1.807, 2.05) is 6.92 Å². The summed E-state index contributed by atoms with van der Waals surface area (Å²) in [6, 6.07) is 0. The molecule has 4 nitrogen and oxygen atoms in total. The summed E-state index contributed by atoms with van der Waals surface area (Å²) in [5.74, 6) is 0. The predicted octanol–water partition coefficient (Wildman–Crippen LogP) is 1.26. The fourth-order valence-electron chi connectivity index (χ4n) is 1.26. The van der Waals surface area contributed by atoms with Crippen molar-refractivity contribution in [2.24, 2.45) is 0 Å². The van der Waals surface area contributed by atoms with Crippen LogP contribution in [-0.2, 0) is 9.47 Å². The Labute approximate surface area is 72.2 Å². The molecule has 0 aromatic heterocycles. The lowest BCUT2D eigenvalue weighted by Gasteiger charge is -2.23. The van der Waals surface area contributed by atoms with Gasteiger partial charge in [-0.05, 0) is 26.7 Å². The first-order chi connectivity index (χ1) is 5.66. The number of hydrogen-bond acceptors (Lipinski definition) is 3. The molecule has 1 fully saturated rings. The quantitative estimate of drug-likeness (QED) is 0.683. The zero-order valence-electron chi connectivity index (χ0n) is 7.55. The Morgan fingerprint density at radius 1 is 1.75 bits per heavy atom. The van der Waals surface area contributed by atoms with Gasteiger partial charge in [0.1, 0.15) is 5.72 Å². The Bertz CT molecular complexity index is 164. The van der Waals surface area contributed by atoms with Crippen LogP contribution in [-0.4, -0.2) is 25.0 Å². The Balaban J connectivity index is 2.33. The summed E-state index contributed by atoms with van der Waals surface area (Å²) in [6.45, 7) is 4.74. The first-order valence-electron chi connectivity index (χ1n) is 4.25. The summed E-state index contributed by atoms with van der Waals surface area (Å²) in [5, 5.41) is 2.67. The number of hydrogen-bond donors (Lipinski definition) is 1. The summed E-state index contributed by atoms with van der Waals surface area (Å²) in [6.07, 6.45) is 1.44. The fraction of sp³-hybridized carbons (Fsp3) is 0.875. The third-order valence-corrected chi connectivity index (χ3v) is 1.86. The standard InChI is InChI=1S/C8H15NO3/c1-3-11-7(10)9-8(2)5-4-6-12-8/h3-6H2,1-2H3,(H,9,10). The van der Waals surface area contributed by atoms with Crippen LogP contribution < -0.4 is 5.32 Å². The van der Waals surface area contributed by atoms with Crippen LogP contribution in [0, 0.1) is 0 Å². The average Bonchev–Trinajstić information content (AvgIpc) is 2.36. The van der Waals surface area contributed by atoms with Gasteiger partial charge in [-0.1, -0.05) is 0 Å². The van der Waals surface area contributed by atoms with Crippen molar-refractivity contribution in [3.05, 3.63) is 0 Å². The van der Waals surface area contributed by atoms with Gasteiger partial charge in [0, 0.05) is 6.61 Å². The normalized spacial score (nSPS) is 28.5. The monoisotopic (exact) mass is 173 g/mol. The van der Waals surface area contributed by atoms with Gasteiger partial charge in [0.2, 0.25) is 0 Å². The molecule has 1 saturated heterocycles. The molecule has 1 unspecified atom stereocenters. The number of ether oxygens (including phenoxy) is 2. The lowest BCUT2D eigenvalue weighted by atomic mass is 10.2. The summed E-state index contributed by atoms with van der Waals surface area (Å²) >= 11 is 0. The van der Waals surface area contributed by atoms with E-state index in [9.17, 15) is 4.79 Å². The molecule has 1 amide bonds. The summed E-state index contributed by atoms with van der Waals surface area (Å²) < 4.78 is 10.1. The summed E-state index contributed by atoms with van der Waals surface area (Å²) in [4.78, 5) is 11.0. The molecule has 70 valence electrons. The molecule has 0 aromatic rings. The Hall–Kier alpha value is -0.770. The molecule has 1 atom stereocenters. The van der Waals surface area contributed by atoms with Crippen molar-refractivity contribution in [2.45, 2.75) is 32.4 Å². The van der Waals surface area contributed by atoms with E-state index in [0.29, 0.717) is 13.2 Å². The van der Waals surface area contributed by atoms with Gasteiger partial charge in [-0.25, -0.2) is 4.79 Å². The number of carbonyl (C=O) groups is 1. The maximum Gasteiger partial charge on any atom is 0.409 e. The molecule has 1 heterocycles. The fourth-order valence-corrected chi connectivity index (χ4v) is 1.26. The molecule has 4 heteroatoms. The minimum absolute atomic E-state index is 0.391. The zero-order chi connectivity index (χ0) is 9.03. The highest BCUT2D eigenvalue weighted by Gasteiger charge is 2.31. The van der Waals surface area contributed by atoms with Gasteiger partial charge < -0.3 is 9.47 Å². The zero-order valence-corrected chi connectivity index (χ0v) is 7.55. The van der Waals surface area contributed by atoms with Gasteiger partial charge >= 0.3 is 6.09 Å². The van der Waals surface area contributed by atoms with Crippen LogP contribution >= 0.6 is 0 Å². The topological polar surface area (TPSA) is 47.6 Å². The Kier molecular flexibility index (Phi) is 2.92. The minimum atomic E-state index is -0.508. The van der Waals surface area contributed by atoms with Crippen molar-refractivity contribution in [1.29, 1.82) is 0 Å². The molecule has 1 aliphatic heterocycles. The maximum absolute atomic E-state index is 11.0. The van der Waals surface area contributed by atoms with E-state index in [4.69, 9.17) is 9.47 Å². The van der Waals surface area contributed by atoms with E-state index in [0.717, 1.165) is 12.8 Å². The number of nitrogens with one attached hydrogen (secondary N) is 1. The number of carbonyl (C=O) groups excluding carboxylic acids is 1. The second kappa shape index (κ2) is 3.76. The molecule has 0 spiro atoms. The third kappa shape index (κ3) is 2.37. The molecular weight excluding hydrogens is 158 g/mol. The van der Waals surface area contributed by atoms with E-state index in [2.05, 4.69) is 5.32 Å². The van der Waals surface area contributed by atoms with Crippen molar-refractivity contribution >= 4 is 6.09 Å². The van der Waals surface area contributed by atoms with Crippen LogP contribution in [0.25, 0.3) is 0 Å². The van der Waals surface area contributed by atoms with Crippen LogP contribution in [0.3, 0.4) is 0 Å². The van der Waals surface area contributed by atoms with E-state index in [1.165, 1.54) is 0 Å². The van der Waals surface area contributed by atoms with Crippen molar-refractivity contribution in [1.82, 2.24) is 5.32 Å². The smallest absolute Gasteiger partial charge is 0.409 e. The molecule has 0 radical (unpaired) electrons. The predicted molar refractivity (Wildman–Crippen MR) is 43.7 cm³/mol. The molecule has 1 rings (SSSR count). The average molecular weight is 173 g/mol. The molecule has 12 heavy (non-hydrogen) atoms. The highest BCUT2D eigenvalue weighted by atomic mass is 16.6. The van der Waals surface area contributed by atoms with Gasteiger partial charge in [0.05, 0.1) is 6.61 Å². The van der Waals surface area contributed by atoms with Crippen molar-refractivity contribution in [3.63, 3.8) is 0 Å². The van der Waals surface area contributed by atoms with E-state index >= 15 is 0 Å². The van der Waals surface area contributed by atoms with E-state index in [1.54, 1.807) is 6.92 Å². The highest BCUT2D eigenvalue weighted by Crippen LogP contribution is 2.21. The van der Waals surface area contributed by atoms with Crippen LogP contribution in [0.15, 0.2) is 0 Å². The summed E-state index contributed by atoms with van der Waals surface area (Å²) in [5.41, 5.74) is -0.508. The molecule has 0 saturated carbocycles. The molecule has 1 N–H and O–H groups in total. The molecule has 0 bridgehead atoms. The molecular formula is C8H15NO3. The van der Waals surface area contributed by atoms with Gasteiger partial charge in [-0.15, -0.1) is 0 Å². The second-order valence-corrected chi connectivity index (χ2v) is 3.03. The Morgan fingerprint density at radius 3 is 3.00 bits per heavy atom. The second-order valence-electron chi connectivity index (χ2n) is 3.03. The lowest BCUT2D eigenvalue weighted by molar-refractivity contribution is -0.00807. The number of amides is 1. The van der Waals surface area contributed by atoms with Crippen LogP contribution in [0.4, 0.5) is 4.79 Å². The van der Waals surface area contributed by atoms with E-state index in [-0.39, 0.29) is 0 Å². The third-order valence-electron chi connectivity index (χ3n) is 1.86. The van der Waals surface area contributed by atoms with Crippen LogP contribution in [0.5, 0.6) is 0 Å². The largest absolute Gasteiger partial charge is 0.450 e. The van der Waals surface area contributed by atoms with Crippen molar-refractivity contribution in [3.8, 4) is 0 Å². The van der Waals surface area contributed by atoms with Crippen molar-refractivity contribution < 1.29 is 14.3 Å². The first-order valence-corrected chi connectivity index (χ1v) is 4.25. The molecule has 1 aliphatic rings. The van der Waals surface area contributed by atoms with Gasteiger partial charge in [-0.3, -0.25) is 5.32 Å². The maximum atomic E-state index is 11.0. The number of alkyl carbamates (subject to hydrolysis) is 1. The van der Waals surface area contributed by atoms with Gasteiger partial charge in [0.25, 0.3) is 0 Å². The van der Waals surface area contributed by atoms with Crippen LogP contribution in [0.2, 0.25) is 0 Å². The summed E-state index contributed by atoms with van der Waals surface area (Å²) in [7, 11) is 0. The molecule has 0 aliphatic carbocycles. The first kappa shape index (κ1) is 9.32. The number of rotatable bonds is 2. The highest BCUT2D eigenvalue weighted by molar-refractivity contribution is 5.67.